The third-order valence-electron chi connectivity index (χ3n) is 4.79. The highest BCUT2D eigenvalue weighted by Gasteiger charge is 2.34. The van der Waals surface area contributed by atoms with Gasteiger partial charge in [-0.25, -0.2) is 0 Å². The summed E-state index contributed by atoms with van der Waals surface area (Å²) in [5.41, 5.74) is 0. The van der Waals surface area contributed by atoms with Gasteiger partial charge in [0.05, 0.1) is 6.10 Å². The molecule has 2 rings (SSSR count). The fourth-order valence-corrected chi connectivity index (χ4v) is 3.46. The van der Waals surface area contributed by atoms with Crippen molar-refractivity contribution in [1.82, 2.24) is 15.1 Å². The highest BCUT2D eigenvalue weighted by Crippen LogP contribution is 2.28. The first-order valence-corrected chi connectivity index (χ1v) is 8.43. The molecule has 2 bridgehead atoms. The molecule has 0 spiro atoms. The molecule has 0 aromatic carbocycles. The highest BCUT2D eigenvalue weighted by molar-refractivity contribution is 4.91. The second kappa shape index (κ2) is 8.32. The molecule has 4 nitrogen and oxygen atoms in total. The molecule has 0 radical (unpaired) electrons. The Labute approximate surface area is 124 Å². The smallest absolute Gasteiger partial charge is 0.0518 e. The zero-order chi connectivity index (χ0) is 14.4. The van der Waals surface area contributed by atoms with Crippen LogP contribution >= 0.6 is 0 Å². The Hall–Kier alpha value is -0.160. The molecule has 1 N–H and O–H groups in total. The topological polar surface area (TPSA) is 27.7 Å². The van der Waals surface area contributed by atoms with Crippen molar-refractivity contribution in [3.63, 3.8) is 0 Å². The molecule has 2 fully saturated rings. The lowest BCUT2D eigenvalue weighted by atomic mass is 10.1. The van der Waals surface area contributed by atoms with Crippen LogP contribution in [-0.2, 0) is 4.74 Å². The first kappa shape index (κ1) is 16.2. The second-order valence-electron chi connectivity index (χ2n) is 6.66. The third kappa shape index (κ3) is 4.99. The lowest BCUT2D eigenvalue weighted by Gasteiger charge is -2.25. The van der Waals surface area contributed by atoms with Crippen LogP contribution in [0.5, 0.6) is 0 Å². The van der Waals surface area contributed by atoms with Crippen LogP contribution in [0, 0.1) is 0 Å². The van der Waals surface area contributed by atoms with E-state index in [0.717, 1.165) is 38.2 Å². The van der Waals surface area contributed by atoms with E-state index >= 15 is 0 Å². The maximum absolute atomic E-state index is 5.54. The van der Waals surface area contributed by atoms with E-state index < -0.39 is 0 Å². The number of likely N-dealkylation sites (N-methyl/N-ethyl adjacent to an activating group) is 1. The van der Waals surface area contributed by atoms with Crippen molar-refractivity contribution in [2.75, 3.05) is 46.4 Å². The molecule has 2 atom stereocenters. The first-order chi connectivity index (χ1) is 9.66. The second-order valence-corrected chi connectivity index (χ2v) is 6.66. The molecular weight excluding hydrogens is 250 g/mol. The maximum Gasteiger partial charge on any atom is 0.0518 e. The molecule has 118 valence electrons. The van der Waals surface area contributed by atoms with Gasteiger partial charge in [-0.3, -0.25) is 4.90 Å². The predicted octanol–water partition coefficient (Wildman–Crippen LogP) is 1.56. The van der Waals surface area contributed by atoms with Crippen molar-refractivity contribution in [2.45, 2.75) is 57.7 Å². The molecule has 2 saturated heterocycles. The Kier molecular flexibility index (Phi) is 6.75. The Morgan fingerprint density at radius 3 is 2.75 bits per heavy atom. The van der Waals surface area contributed by atoms with Gasteiger partial charge < -0.3 is 15.0 Å². The Bertz CT molecular complexity index is 272. The quantitative estimate of drug-likeness (QED) is 0.684. The van der Waals surface area contributed by atoms with E-state index in [4.69, 9.17) is 4.74 Å². The van der Waals surface area contributed by atoms with Crippen molar-refractivity contribution < 1.29 is 4.74 Å². The molecule has 0 aliphatic carbocycles. The van der Waals surface area contributed by atoms with E-state index in [2.05, 4.69) is 36.0 Å². The van der Waals surface area contributed by atoms with Crippen LogP contribution in [-0.4, -0.2) is 74.4 Å². The van der Waals surface area contributed by atoms with Crippen molar-refractivity contribution in [3.05, 3.63) is 0 Å². The van der Waals surface area contributed by atoms with Gasteiger partial charge in [-0.2, -0.15) is 0 Å². The summed E-state index contributed by atoms with van der Waals surface area (Å²) in [6.07, 6.45) is 5.65. The van der Waals surface area contributed by atoms with Gasteiger partial charge >= 0.3 is 0 Å². The number of rotatable bonds is 8. The van der Waals surface area contributed by atoms with Gasteiger partial charge in [0.25, 0.3) is 0 Å². The van der Waals surface area contributed by atoms with Gasteiger partial charge in [-0.15, -0.1) is 0 Å². The number of fused-ring (bicyclic) bond motifs is 2. The monoisotopic (exact) mass is 283 g/mol. The molecule has 2 unspecified atom stereocenters. The number of hydrogen-bond acceptors (Lipinski definition) is 4. The molecule has 2 aliphatic rings. The lowest BCUT2D eigenvalue weighted by Crippen LogP contribution is -2.39. The van der Waals surface area contributed by atoms with E-state index in [9.17, 15) is 0 Å². The fraction of sp³-hybridized carbons (Fsp3) is 1.00. The number of hydrogen-bond donors (Lipinski definition) is 1. The molecule has 0 aromatic rings. The summed E-state index contributed by atoms with van der Waals surface area (Å²) >= 11 is 0. The van der Waals surface area contributed by atoms with Crippen LogP contribution < -0.4 is 5.32 Å². The minimum atomic E-state index is 0.361. The van der Waals surface area contributed by atoms with Crippen LogP contribution in [0.3, 0.4) is 0 Å². The van der Waals surface area contributed by atoms with Gasteiger partial charge in [0.2, 0.25) is 0 Å². The van der Waals surface area contributed by atoms with Crippen LogP contribution in [0.1, 0.15) is 39.5 Å². The predicted molar refractivity (Wildman–Crippen MR) is 84.2 cm³/mol. The van der Waals surface area contributed by atoms with Crippen molar-refractivity contribution in [3.8, 4) is 0 Å². The standard InChI is InChI=1S/C16H33N3O/c1-14(2)20-12-4-8-17-9-11-19-10-7-15-5-6-16(13-19)18(15)3/h14-17H,4-13H2,1-3H3. The number of nitrogens with one attached hydrogen (secondary N) is 1. The molecule has 0 aromatic heterocycles. The summed E-state index contributed by atoms with van der Waals surface area (Å²) in [5.74, 6) is 0. The van der Waals surface area contributed by atoms with Crippen molar-refractivity contribution >= 4 is 0 Å². The molecule has 4 heteroatoms. The molecule has 0 saturated carbocycles. The normalized spacial score (nSPS) is 28.2. The van der Waals surface area contributed by atoms with E-state index in [1.165, 1.54) is 38.9 Å². The molecule has 2 aliphatic heterocycles. The van der Waals surface area contributed by atoms with E-state index in [-0.39, 0.29) is 0 Å². The van der Waals surface area contributed by atoms with E-state index in [1.54, 1.807) is 0 Å². The largest absolute Gasteiger partial charge is 0.379 e. The van der Waals surface area contributed by atoms with Gasteiger partial charge in [0, 0.05) is 38.3 Å². The van der Waals surface area contributed by atoms with E-state index in [1.807, 2.05) is 0 Å². The number of likely N-dealkylation sites (tertiary alicyclic amines) is 1. The SMILES string of the molecule is CC(C)OCCCNCCN1CCC2CCC(C1)N2C. The van der Waals surface area contributed by atoms with Crippen LogP contribution in [0.25, 0.3) is 0 Å². The fourth-order valence-electron chi connectivity index (χ4n) is 3.46. The van der Waals surface area contributed by atoms with Gasteiger partial charge in [-0.1, -0.05) is 0 Å². The molecule has 2 heterocycles. The van der Waals surface area contributed by atoms with Gasteiger partial charge in [0.15, 0.2) is 0 Å². The minimum Gasteiger partial charge on any atom is -0.379 e. The molecule has 20 heavy (non-hydrogen) atoms. The van der Waals surface area contributed by atoms with Crippen LogP contribution in [0.4, 0.5) is 0 Å². The summed E-state index contributed by atoms with van der Waals surface area (Å²) < 4.78 is 5.54. The average molecular weight is 283 g/mol. The maximum atomic E-state index is 5.54. The Morgan fingerprint density at radius 2 is 1.95 bits per heavy atom. The van der Waals surface area contributed by atoms with Crippen LogP contribution in [0.2, 0.25) is 0 Å². The summed E-state index contributed by atoms with van der Waals surface area (Å²) in [6.45, 7) is 11.0. The first-order valence-electron chi connectivity index (χ1n) is 8.43. The lowest BCUT2D eigenvalue weighted by molar-refractivity contribution is 0.0770. The molecular formula is C16H33N3O. The molecule has 0 amide bonds. The minimum absolute atomic E-state index is 0.361. The van der Waals surface area contributed by atoms with Crippen molar-refractivity contribution in [2.24, 2.45) is 0 Å². The Balaban J connectivity index is 1.52. The zero-order valence-corrected chi connectivity index (χ0v) is 13.6. The third-order valence-corrected chi connectivity index (χ3v) is 4.79. The van der Waals surface area contributed by atoms with Crippen LogP contribution in [0.15, 0.2) is 0 Å². The van der Waals surface area contributed by atoms with Crippen molar-refractivity contribution in [1.29, 1.82) is 0 Å². The summed E-state index contributed by atoms with van der Waals surface area (Å²) in [6, 6.07) is 1.66. The number of ether oxygens (including phenoxy) is 1. The summed E-state index contributed by atoms with van der Waals surface area (Å²) in [5, 5.41) is 3.55. The Morgan fingerprint density at radius 1 is 1.15 bits per heavy atom. The number of nitrogens with zero attached hydrogens (tertiary/aromatic N) is 2. The van der Waals surface area contributed by atoms with Gasteiger partial charge in [-0.05, 0) is 59.7 Å². The zero-order valence-electron chi connectivity index (χ0n) is 13.6. The summed E-state index contributed by atoms with van der Waals surface area (Å²) in [7, 11) is 2.32. The highest BCUT2D eigenvalue weighted by atomic mass is 16.5. The summed E-state index contributed by atoms with van der Waals surface area (Å²) in [4.78, 5) is 5.27. The van der Waals surface area contributed by atoms with E-state index in [0.29, 0.717) is 6.10 Å². The van der Waals surface area contributed by atoms with Gasteiger partial charge in [0.1, 0.15) is 0 Å². The average Bonchev–Trinajstić information content (AvgIpc) is 2.64.